The van der Waals surface area contributed by atoms with Crippen molar-refractivity contribution in [1.29, 1.82) is 0 Å². The van der Waals surface area contributed by atoms with Gasteiger partial charge in [0, 0.05) is 18.2 Å². The first-order chi connectivity index (χ1) is 8.85. The van der Waals surface area contributed by atoms with Crippen molar-refractivity contribution in [2.75, 3.05) is 13.1 Å². The summed E-state index contributed by atoms with van der Waals surface area (Å²) in [6.07, 6.45) is 6.96. The van der Waals surface area contributed by atoms with Crippen LogP contribution in [0.5, 0.6) is 0 Å². The number of nitrogens with one attached hydrogen (secondary N) is 1. The Bertz CT molecular complexity index is 344. The molecular formula is C15H26N2O. The zero-order valence-electron chi connectivity index (χ0n) is 11.7. The topological polar surface area (TPSA) is 28.4 Å². The third-order valence-corrected chi connectivity index (χ3v) is 3.50. The summed E-state index contributed by atoms with van der Waals surface area (Å²) in [6, 6.07) is 2.92. The fraction of sp³-hybridized carbons (Fsp3) is 0.733. The monoisotopic (exact) mass is 250 g/mol. The van der Waals surface area contributed by atoms with Gasteiger partial charge in [0.2, 0.25) is 0 Å². The second kappa shape index (κ2) is 6.95. The maximum absolute atomic E-state index is 5.67. The van der Waals surface area contributed by atoms with E-state index in [2.05, 4.69) is 30.1 Å². The fourth-order valence-corrected chi connectivity index (χ4v) is 2.37. The van der Waals surface area contributed by atoms with Gasteiger partial charge in [-0.25, -0.2) is 0 Å². The quantitative estimate of drug-likeness (QED) is 0.682. The van der Waals surface area contributed by atoms with Crippen LogP contribution in [0.4, 0.5) is 0 Å². The normalized spacial score (nSPS) is 15.5. The van der Waals surface area contributed by atoms with Gasteiger partial charge in [0.1, 0.15) is 5.76 Å². The molecule has 2 rings (SSSR count). The summed E-state index contributed by atoms with van der Waals surface area (Å²) in [4.78, 5) is 2.57. The van der Waals surface area contributed by atoms with E-state index in [1.54, 1.807) is 0 Å². The summed E-state index contributed by atoms with van der Waals surface area (Å²) in [5, 5.41) is 3.45. The molecule has 3 heteroatoms. The Balaban J connectivity index is 1.88. The van der Waals surface area contributed by atoms with E-state index in [1.165, 1.54) is 37.8 Å². The van der Waals surface area contributed by atoms with Gasteiger partial charge in [-0.05, 0) is 44.8 Å². The summed E-state index contributed by atoms with van der Waals surface area (Å²) < 4.78 is 5.67. The van der Waals surface area contributed by atoms with Crippen LogP contribution >= 0.6 is 0 Å². The summed E-state index contributed by atoms with van der Waals surface area (Å²) in [5.74, 6) is 1.15. The molecule has 0 aliphatic heterocycles. The van der Waals surface area contributed by atoms with Crippen LogP contribution in [0, 0.1) is 0 Å². The van der Waals surface area contributed by atoms with Gasteiger partial charge < -0.3 is 9.73 Å². The molecule has 0 amide bonds. The first kappa shape index (κ1) is 13.6. The van der Waals surface area contributed by atoms with Gasteiger partial charge in [-0.3, -0.25) is 4.90 Å². The molecule has 1 heterocycles. The second-order valence-corrected chi connectivity index (χ2v) is 5.25. The van der Waals surface area contributed by atoms with Crippen molar-refractivity contribution >= 4 is 0 Å². The van der Waals surface area contributed by atoms with E-state index >= 15 is 0 Å². The van der Waals surface area contributed by atoms with Crippen molar-refractivity contribution in [3.05, 3.63) is 23.7 Å². The second-order valence-electron chi connectivity index (χ2n) is 5.25. The first-order valence-corrected chi connectivity index (χ1v) is 7.35. The molecule has 0 unspecified atom stereocenters. The van der Waals surface area contributed by atoms with Crippen LogP contribution in [0.25, 0.3) is 0 Å². The predicted molar refractivity (Wildman–Crippen MR) is 74.4 cm³/mol. The van der Waals surface area contributed by atoms with E-state index < -0.39 is 0 Å². The van der Waals surface area contributed by atoms with Gasteiger partial charge >= 0.3 is 0 Å². The van der Waals surface area contributed by atoms with Gasteiger partial charge in [0.25, 0.3) is 0 Å². The Kier molecular flexibility index (Phi) is 5.26. The molecule has 1 aromatic heterocycles. The van der Waals surface area contributed by atoms with Crippen LogP contribution in [-0.2, 0) is 13.1 Å². The zero-order chi connectivity index (χ0) is 12.8. The minimum Gasteiger partial charge on any atom is -0.468 e. The van der Waals surface area contributed by atoms with Gasteiger partial charge in [-0.2, -0.15) is 0 Å². The van der Waals surface area contributed by atoms with E-state index in [1.807, 2.05) is 6.26 Å². The molecule has 18 heavy (non-hydrogen) atoms. The molecule has 0 aromatic carbocycles. The lowest BCUT2D eigenvalue weighted by Gasteiger charge is -2.20. The van der Waals surface area contributed by atoms with Gasteiger partial charge in [0.05, 0.1) is 12.8 Å². The van der Waals surface area contributed by atoms with Crippen molar-refractivity contribution in [1.82, 2.24) is 10.2 Å². The van der Waals surface area contributed by atoms with E-state index in [0.717, 1.165) is 31.4 Å². The largest absolute Gasteiger partial charge is 0.468 e. The highest BCUT2D eigenvalue weighted by Crippen LogP contribution is 2.29. The van der Waals surface area contributed by atoms with Crippen LogP contribution < -0.4 is 5.32 Å². The molecule has 0 spiro atoms. The van der Waals surface area contributed by atoms with E-state index in [0.29, 0.717) is 0 Å². The minimum absolute atomic E-state index is 0.812. The van der Waals surface area contributed by atoms with Crippen molar-refractivity contribution in [2.24, 2.45) is 0 Å². The van der Waals surface area contributed by atoms with Gasteiger partial charge in [-0.1, -0.05) is 13.8 Å². The van der Waals surface area contributed by atoms with E-state index in [-0.39, 0.29) is 0 Å². The SMILES string of the molecule is CCCNCc1ccoc1CN(CCC)C1CC1. The molecule has 3 nitrogen and oxygen atoms in total. The molecule has 102 valence electrons. The summed E-state index contributed by atoms with van der Waals surface area (Å²) in [7, 11) is 0. The Morgan fingerprint density at radius 2 is 2.17 bits per heavy atom. The summed E-state index contributed by atoms with van der Waals surface area (Å²) >= 11 is 0. The molecule has 1 aliphatic carbocycles. The van der Waals surface area contributed by atoms with Crippen molar-refractivity contribution in [3.8, 4) is 0 Å². The van der Waals surface area contributed by atoms with Gasteiger partial charge in [0.15, 0.2) is 0 Å². The van der Waals surface area contributed by atoms with Crippen molar-refractivity contribution in [2.45, 2.75) is 58.7 Å². The lowest BCUT2D eigenvalue weighted by atomic mass is 10.2. The van der Waals surface area contributed by atoms with Crippen molar-refractivity contribution in [3.63, 3.8) is 0 Å². The highest BCUT2D eigenvalue weighted by Gasteiger charge is 2.29. The maximum atomic E-state index is 5.67. The molecule has 0 bridgehead atoms. The first-order valence-electron chi connectivity index (χ1n) is 7.35. The van der Waals surface area contributed by atoms with Crippen LogP contribution in [0.1, 0.15) is 50.9 Å². The molecule has 0 radical (unpaired) electrons. The minimum atomic E-state index is 0.812. The highest BCUT2D eigenvalue weighted by molar-refractivity contribution is 5.17. The summed E-state index contributed by atoms with van der Waals surface area (Å²) in [5.41, 5.74) is 1.32. The number of hydrogen-bond donors (Lipinski definition) is 1. The lowest BCUT2D eigenvalue weighted by Crippen LogP contribution is -2.27. The van der Waals surface area contributed by atoms with E-state index in [9.17, 15) is 0 Å². The molecular weight excluding hydrogens is 224 g/mol. The van der Waals surface area contributed by atoms with Crippen LogP contribution in [-0.4, -0.2) is 24.0 Å². The average molecular weight is 250 g/mol. The van der Waals surface area contributed by atoms with Crippen LogP contribution in [0.15, 0.2) is 16.7 Å². The lowest BCUT2D eigenvalue weighted by molar-refractivity contribution is 0.233. The fourth-order valence-electron chi connectivity index (χ4n) is 2.37. The summed E-state index contributed by atoms with van der Waals surface area (Å²) in [6.45, 7) is 8.62. The number of hydrogen-bond acceptors (Lipinski definition) is 3. The molecule has 0 atom stereocenters. The predicted octanol–water partition coefficient (Wildman–Crippen LogP) is 3.15. The number of rotatable bonds is 9. The average Bonchev–Trinajstić information content (AvgIpc) is 3.12. The number of nitrogens with zero attached hydrogens (tertiary/aromatic N) is 1. The highest BCUT2D eigenvalue weighted by atomic mass is 16.3. The number of furan rings is 1. The van der Waals surface area contributed by atoms with E-state index in [4.69, 9.17) is 4.42 Å². The Hall–Kier alpha value is -0.800. The molecule has 1 aliphatic rings. The van der Waals surface area contributed by atoms with Crippen LogP contribution in [0.2, 0.25) is 0 Å². The maximum Gasteiger partial charge on any atom is 0.122 e. The smallest absolute Gasteiger partial charge is 0.122 e. The van der Waals surface area contributed by atoms with Crippen LogP contribution in [0.3, 0.4) is 0 Å². The third kappa shape index (κ3) is 3.85. The molecule has 1 aromatic rings. The van der Waals surface area contributed by atoms with Crippen molar-refractivity contribution < 1.29 is 4.42 Å². The zero-order valence-corrected chi connectivity index (χ0v) is 11.7. The molecule has 1 N–H and O–H groups in total. The Labute approximate surface area is 111 Å². The Morgan fingerprint density at radius 1 is 1.33 bits per heavy atom. The molecule has 1 saturated carbocycles. The third-order valence-electron chi connectivity index (χ3n) is 3.50. The Morgan fingerprint density at radius 3 is 2.83 bits per heavy atom. The van der Waals surface area contributed by atoms with Gasteiger partial charge in [-0.15, -0.1) is 0 Å². The molecule has 1 fully saturated rings. The standard InChI is InChI=1S/C15H26N2O/c1-3-8-16-11-13-7-10-18-15(13)12-17(9-4-2)14-5-6-14/h7,10,14,16H,3-6,8-9,11-12H2,1-2H3. The molecule has 0 saturated heterocycles.